The third-order valence-electron chi connectivity index (χ3n) is 4.90. The van der Waals surface area contributed by atoms with Crippen LogP contribution >= 0.6 is 0 Å². The fraction of sp³-hybridized carbons (Fsp3) is 0.217. The molecule has 0 saturated heterocycles. The highest BCUT2D eigenvalue weighted by molar-refractivity contribution is 6.16. The fourth-order valence-electron chi connectivity index (χ4n) is 3.91. The summed E-state index contributed by atoms with van der Waals surface area (Å²) in [6, 6.07) is 22.2. The Bertz CT molecular complexity index is 1020. The van der Waals surface area contributed by atoms with E-state index in [9.17, 15) is 0 Å². The molecular weight excluding hydrogens is 276 g/mol. The van der Waals surface area contributed by atoms with Gasteiger partial charge in [0.25, 0.3) is 0 Å². The van der Waals surface area contributed by atoms with E-state index < -0.39 is 0 Å². The molecule has 4 aromatic carbocycles. The number of aryl methyl sites for hydroxylation is 1. The van der Waals surface area contributed by atoms with E-state index in [1.165, 1.54) is 43.4 Å². The minimum atomic E-state index is 0.649. The first-order valence-electron chi connectivity index (χ1n) is 8.48. The van der Waals surface area contributed by atoms with Gasteiger partial charge in [-0.25, -0.2) is 0 Å². The molecule has 4 aromatic rings. The SMILES string of the molecule is Cc1c2ccccc2c(CC(C)C)c2ccc3ccccc3c12. The topological polar surface area (TPSA) is 0 Å². The highest BCUT2D eigenvalue weighted by atomic mass is 14.2. The lowest BCUT2D eigenvalue weighted by molar-refractivity contribution is 0.653. The minimum absolute atomic E-state index is 0.649. The lowest BCUT2D eigenvalue weighted by atomic mass is 9.86. The summed E-state index contributed by atoms with van der Waals surface area (Å²) in [6.07, 6.45) is 1.12. The van der Waals surface area contributed by atoms with Crippen LogP contribution in [0.3, 0.4) is 0 Å². The van der Waals surface area contributed by atoms with Crippen molar-refractivity contribution in [3.05, 3.63) is 71.8 Å². The van der Waals surface area contributed by atoms with Gasteiger partial charge in [0.15, 0.2) is 0 Å². The third kappa shape index (κ3) is 2.21. The van der Waals surface area contributed by atoms with Crippen molar-refractivity contribution in [2.24, 2.45) is 5.92 Å². The summed E-state index contributed by atoms with van der Waals surface area (Å²) >= 11 is 0. The Labute approximate surface area is 137 Å². The Hall–Kier alpha value is -2.34. The summed E-state index contributed by atoms with van der Waals surface area (Å²) in [6.45, 7) is 6.89. The van der Waals surface area contributed by atoms with E-state index in [0.29, 0.717) is 5.92 Å². The van der Waals surface area contributed by atoms with E-state index in [1.54, 1.807) is 0 Å². The molecule has 0 aliphatic carbocycles. The molecule has 0 N–H and O–H groups in total. The van der Waals surface area contributed by atoms with Crippen LogP contribution in [0, 0.1) is 12.8 Å². The maximum absolute atomic E-state index is 2.33. The van der Waals surface area contributed by atoms with E-state index >= 15 is 0 Å². The van der Waals surface area contributed by atoms with Gasteiger partial charge in [-0.3, -0.25) is 0 Å². The van der Waals surface area contributed by atoms with Crippen molar-refractivity contribution in [1.29, 1.82) is 0 Å². The molecule has 0 atom stereocenters. The van der Waals surface area contributed by atoms with Crippen molar-refractivity contribution in [3.8, 4) is 0 Å². The van der Waals surface area contributed by atoms with Crippen LogP contribution in [0.1, 0.15) is 25.0 Å². The van der Waals surface area contributed by atoms with Gasteiger partial charge >= 0.3 is 0 Å². The van der Waals surface area contributed by atoms with Crippen LogP contribution in [0.2, 0.25) is 0 Å². The number of rotatable bonds is 2. The van der Waals surface area contributed by atoms with Gasteiger partial charge in [0.1, 0.15) is 0 Å². The van der Waals surface area contributed by atoms with Crippen LogP contribution in [0.15, 0.2) is 60.7 Å². The lowest BCUT2D eigenvalue weighted by Crippen LogP contribution is -1.99. The molecule has 23 heavy (non-hydrogen) atoms. The molecule has 4 rings (SSSR count). The quantitative estimate of drug-likeness (QED) is 0.287. The van der Waals surface area contributed by atoms with Gasteiger partial charge in [-0.15, -0.1) is 0 Å². The third-order valence-corrected chi connectivity index (χ3v) is 4.90. The molecule has 0 saturated carbocycles. The summed E-state index contributed by atoms with van der Waals surface area (Å²) in [5.74, 6) is 0.649. The minimum Gasteiger partial charge on any atom is -0.0625 e. The molecule has 0 aromatic heterocycles. The number of benzene rings is 4. The molecule has 0 aliphatic heterocycles. The number of fused-ring (bicyclic) bond motifs is 4. The summed E-state index contributed by atoms with van der Waals surface area (Å²) < 4.78 is 0. The molecule has 0 fully saturated rings. The summed E-state index contributed by atoms with van der Waals surface area (Å²) in [5, 5.41) is 8.37. The van der Waals surface area contributed by atoms with Gasteiger partial charge in [-0.1, -0.05) is 74.5 Å². The van der Waals surface area contributed by atoms with Crippen LogP contribution in [-0.2, 0) is 6.42 Å². The lowest BCUT2D eigenvalue weighted by Gasteiger charge is -2.18. The fourth-order valence-corrected chi connectivity index (χ4v) is 3.91. The van der Waals surface area contributed by atoms with Crippen LogP contribution in [0.4, 0.5) is 0 Å². The van der Waals surface area contributed by atoms with Gasteiger partial charge in [0.05, 0.1) is 0 Å². The van der Waals surface area contributed by atoms with E-state index in [2.05, 4.69) is 81.4 Å². The van der Waals surface area contributed by atoms with Gasteiger partial charge in [0.2, 0.25) is 0 Å². The average Bonchev–Trinajstić information content (AvgIpc) is 2.57. The van der Waals surface area contributed by atoms with Crippen molar-refractivity contribution < 1.29 is 0 Å². The second-order valence-electron chi connectivity index (χ2n) is 6.96. The number of hydrogen-bond donors (Lipinski definition) is 0. The van der Waals surface area contributed by atoms with Crippen molar-refractivity contribution >= 4 is 32.3 Å². The average molecular weight is 298 g/mol. The smallest absolute Gasteiger partial charge is 0.00669 e. The highest BCUT2D eigenvalue weighted by Crippen LogP contribution is 2.37. The molecule has 0 amide bonds. The summed E-state index contributed by atoms with van der Waals surface area (Å²) in [4.78, 5) is 0. The monoisotopic (exact) mass is 298 g/mol. The van der Waals surface area contributed by atoms with Crippen LogP contribution in [0.25, 0.3) is 32.3 Å². The molecule has 0 heterocycles. The van der Waals surface area contributed by atoms with Gasteiger partial charge in [-0.05, 0) is 62.7 Å². The molecule has 0 nitrogen and oxygen atoms in total. The Kier molecular flexibility index (Phi) is 3.34. The van der Waals surface area contributed by atoms with Crippen molar-refractivity contribution in [3.63, 3.8) is 0 Å². The first-order valence-corrected chi connectivity index (χ1v) is 8.48. The van der Waals surface area contributed by atoms with E-state index in [-0.39, 0.29) is 0 Å². The zero-order valence-corrected chi connectivity index (χ0v) is 14.1. The standard InChI is InChI=1S/C23H22/c1-15(2)14-22-20-11-7-6-9-18(20)16(3)23-19-10-5-4-8-17(19)12-13-21(22)23/h4-13,15H,14H2,1-3H3. The Morgan fingerprint density at radius 2 is 1.35 bits per heavy atom. The first kappa shape index (κ1) is 14.3. The number of hydrogen-bond acceptors (Lipinski definition) is 0. The molecule has 0 radical (unpaired) electrons. The molecule has 0 unspecified atom stereocenters. The molecule has 0 aliphatic rings. The molecular formula is C23H22. The van der Waals surface area contributed by atoms with Crippen LogP contribution < -0.4 is 0 Å². The first-order chi connectivity index (χ1) is 11.2. The molecule has 0 spiro atoms. The highest BCUT2D eigenvalue weighted by Gasteiger charge is 2.14. The van der Waals surface area contributed by atoms with Crippen molar-refractivity contribution in [2.45, 2.75) is 27.2 Å². The summed E-state index contributed by atoms with van der Waals surface area (Å²) in [5.41, 5.74) is 2.90. The molecule has 114 valence electrons. The Balaban J connectivity index is 2.27. The predicted molar refractivity (Wildman–Crippen MR) is 102 cm³/mol. The zero-order valence-electron chi connectivity index (χ0n) is 14.1. The Morgan fingerprint density at radius 1 is 0.696 bits per heavy atom. The van der Waals surface area contributed by atoms with Gasteiger partial charge in [-0.2, -0.15) is 0 Å². The van der Waals surface area contributed by atoms with Gasteiger partial charge < -0.3 is 0 Å². The van der Waals surface area contributed by atoms with E-state index in [4.69, 9.17) is 0 Å². The second kappa shape index (κ2) is 5.38. The van der Waals surface area contributed by atoms with Crippen molar-refractivity contribution in [2.75, 3.05) is 0 Å². The van der Waals surface area contributed by atoms with Gasteiger partial charge in [0, 0.05) is 0 Å². The zero-order chi connectivity index (χ0) is 16.0. The second-order valence-corrected chi connectivity index (χ2v) is 6.96. The maximum Gasteiger partial charge on any atom is -0.00669 e. The predicted octanol–water partition coefficient (Wildman–Crippen LogP) is 6.65. The molecule has 0 bridgehead atoms. The largest absolute Gasteiger partial charge is 0.0625 e. The Morgan fingerprint density at radius 3 is 2.09 bits per heavy atom. The van der Waals surface area contributed by atoms with Crippen LogP contribution in [0.5, 0.6) is 0 Å². The van der Waals surface area contributed by atoms with E-state index in [0.717, 1.165) is 6.42 Å². The summed E-state index contributed by atoms with van der Waals surface area (Å²) in [7, 11) is 0. The van der Waals surface area contributed by atoms with Crippen molar-refractivity contribution in [1.82, 2.24) is 0 Å². The van der Waals surface area contributed by atoms with E-state index in [1.807, 2.05) is 0 Å². The van der Waals surface area contributed by atoms with Crippen LogP contribution in [-0.4, -0.2) is 0 Å². The maximum atomic E-state index is 2.33. The normalized spacial score (nSPS) is 11.8. The molecule has 0 heteroatoms.